The molecule has 1 aromatic heterocycles. The van der Waals surface area contributed by atoms with E-state index in [0.29, 0.717) is 12.5 Å². The van der Waals surface area contributed by atoms with Gasteiger partial charge in [-0.1, -0.05) is 23.3 Å². The number of para-hydroxylation sites is 1. The smallest absolute Gasteiger partial charge is 0.247 e. The van der Waals surface area contributed by atoms with E-state index in [-0.39, 0.29) is 6.54 Å². The maximum atomic E-state index is 10.9. The van der Waals surface area contributed by atoms with Crippen LogP contribution in [0.15, 0.2) is 30.3 Å². The Morgan fingerprint density at radius 1 is 1.21 bits per heavy atom. The molecule has 2 N–H and O–H groups in total. The Balaban J connectivity index is 1.97. The molecule has 0 aliphatic rings. The molecular formula is C10H14N6O2S. The molecule has 9 heteroatoms. The third-order valence-corrected chi connectivity index (χ3v) is 2.97. The first-order valence-corrected chi connectivity index (χ1v) is 7.48. The minimum absolute atomic E-state index is 0.264. The molecule has 2 aromatic rings. The van der Waals surface area contributed by atoms with E-state index in [1.807, 2.05) is 30.3 Å². The van der Waals surface area contributed by atoms with Crippen LogP contribution in [0.3, 0.4) is 0 Å². The van der Waals surface area contributed by atoms with Gasteiger partial charge in [-0.25, -0.2) is 13.1 Å². The summed E-state index contributed by atoms with van der Waals surface area (Å²) in [6, 6.07) is 9.40. The Hall–Kier alpha value is -2.00. The lowest BCUT2D eigenvalue weighted by atomic mass is 10.3. The Kier molecular flexibility index (Phi) is 4.07. The van der Waals surface area contributed by atoms with Crippen molar-refractivity contribution in [1.82, 2.24) is 24.9 Å². The van der Waals surface area contributed by atoms with Crippen LogP contribution < -0.4 is 10.0 Å². The number of aromatic nitrogens is 4. The first-order chi connectivity index (χ1) is 9.06. The lowest BCUT2D eigenvalue weighted by molar-refractivity contribution is 0.589. The Morgan fingerprint density at radius 2 is 1.95 bits per heavy atom. The number of sulfonamides is 1. The van der Waals surface area contributed by atoms with Crippen molar-refractivity contribution in [3.63, 3.8) is 0 Å². The fourth-order valence-electron chi connectivity index (χ4n) is 1.45. The van der Waals surface area contributed by atoms with E-state index in [1.54, 1.807) is 4.68 Å². The molecule has 0 saturated carbocycles. The Bertz CT molecular complexity index is 624. The zero-order valence-corrected chi connectivity index (χ0v) is 11.1. The topological polar surface area (TPSA) is 102 Å². The van der Waals surface area contributed by atoms with Gasteiger partial charge in [-0.3, -0.25) is 0 Å². The highest BCUT2D eigenvalue weighted by molar-refractivity contribution is 7.88. The molecule has 102 valence electrons. The summed E-state index contributed by atoms with van der Waals surface area (Å²) in [4.78, 5) is 0. The second kappa shape index (κ2) is 5.76. The number of hydrogen-bond acceptors (Lipinski definition) is 6. The number of nitrogens with zero attached hydrogens (tertiary/aromatic N) is 4. The molecule has 0 spiro atoms. The average molecular weight is 282 g/mol. The minimum atomic E-state index is -3.18. The van der Waals surface area contributed by atoms with Gasteiger partial charge in [0.2, 0.25) is 16.0 Å². The van der Waals surface area contributed by atoms with Crippen LogP contribution in [0.2, 0.25) is 0 Å². The van der Waals surface area contributed by atoms with E-state index in [2.05, 4.69) is 25.6 Å². The van der Waals surface area contributed by atoms with Crippen LogP contribution in [0.25, 0.3) is 5.69 Å². The van der Waals surface area contributed by atoms with Crippen LogP contribution in [0.4, 0.5) is 5.95 Å². The maximum absolute atomic E-state index is 10.9. The molecule has 8 nitrogen and oxygen atoms in total. The molecule has 0 unspecified atom stereocenters. The largest absolute Gasteiger partial charge is 0.351 e. The SMILES string of the molecule is CS(=O)(=O)NCCNc1nnnn1-c1ccccc1. The van der Waals surface area contributed by atoms with Crippen molar-refractivity contribution in [2.24, 2.45) is 0 Å². The van der Waals surface area contributed by atoms with Crippen molar-refractivity contribution in [3.05, 3.63) is 30.3 Å². The fourth-order valence-corrected chi connectivity index (χ4v) is 1.92. The molecule has 0 atom stereocenters. The van der Waals surface area contributed by atoms with Crippen LogP contribution >= 0.6 is 0 Å². The fraction of sp³-hybridized carbons (Fsp3) is 0.300. The predicted octanol–water partition coefficient (Wildman–Crippen LogP) is -0.377. The van der Waals surface area contributed by atoms with Gasteiger partial charge in [-0.2, -0.15) is 4.68 Å². The van der Waals surface area contributed by atoms with E-state index >= 15 is 0 Å². The summed E-state index contributed by atoms with van der Waals surface area (Å²) in [5.74, 6) is 0.460. The molecule has 19 heavy (non-hydrogen) atoms. The van der Waals surface area contributed by atoms with Crippen molar-refractivity contribution >= 4 is 16.0 Å². The van der Waals surface area contributed by atoms with Gasteiger partial charge in [0.1, 0.15) is 0 Å². The van der Waals surface area contributed by atoms with E-state index in [1.165, 1.54) is 0 Å². The maximum Gasteiger partial charge on any atom is 0.247 e. The average Bonchev–Trinajstić information content (AvgIpc) is 2.83. The number of hydrogen-bond donors (Lipinski definition) is 2. The highest BCUT2D eigenvalue weighted by Gasteiger charge is 2.07. The van der Waals surface area contributed by atoms with E-state index in [0.717, 1.165) is 11.9 Å². The predicted molar refractivity (Wildman–Crippen MR) is 70.5 cm³/mol. The Morgan fingerprint density at radius 3 is 2.63 bits per heavy atom. The van der Waals surface area contributed by atoms with Gasteiger partial charge in [0.25, 0.3) is 0 Å². The molecule has 0 amide bonds. The van der Waals surface area contributed by atoms with E-state index in [4.69, 9.17) is 0 Å². The lowest BCUT2D eigenvalue weighted by Crippen LogP contribution is -2.28. The third kappa shape index (κ3) is 4.00. The highest BCUT2D eigenvalue weighted by Crippen LogP contribution is 2.09. The van der Waals surface area contributed by atoms with Gasteiger partial charge in [0.05, 0.1) is 11.9 Å². The number of nitrogens with one attached hydrogen (secondary N) is 2. The lowest BCUT2D eigenvalue weighted by Gasteiger charge is -2.07. The quantitative estimate of drug-likeness (QED) is 0.700. The number of tetrazole rings is 1. The van der Waals surface area contributed by atoms with E-state index in [9.17, 15) is 8.42 Å². The van der Waals surface area contributed by atoms with Crippen LogP contribution in [-0.4, -0.2) is 48.0 Å². The van der Waals surface area contributed by atoms with Gasteiger partial charge in [0, 0.05) is 13.1 Å². The second-order valence-corrected chi connectivity index (χ2v) is 5.68. The van der Waals surface area contributed by atoms with Gasteiger partial charge >= 0.3 is 0 Å². The summed E-state index contributed by atoms with van der Waals surface area (Å²) in [6.45, 7) is 0.654. The van der Waals surface area contributed by atoms with Crippen LogP contribution in [0.1, 0.15) is 0 Å². The number of rotatable bonds is 6. The molecular weight excluding hydrogens is 268 g/mol. The van der Waals surface area contributed by atoms with Crippen molar-refractivity contribution in [2.75, 3.05) is 24.7 Å². The van der Waals surface area contributed by atoms with Gasteiger partial charge in [-0.05, 0) is 22.6 Å². The van der Waals surface area contributed by atoms with Crippen LogP contribution in [-0.2, 0) is 10.0 Å². The molecule has 0 aliphatic carbocycles. The molecule has 1 aromatic carbocycles. The Labute approximate surface area is 110 Å². The molecule has 0 saturated heterocycles. The highest BCUT2D eigenvalue weighted by atomic mass is 32.2. The summed E-state index contributed by atoms with van der Waals surface area (Å²) in [7, 11) is -3.18. The number of anilines is 1. The first-order valence-electron chi connectivity index (χ1n) is 5.58. The summed E-state index contributed by atoms with van der Waals surface area (Å²) < 4.78 is 25.7. The van der Waals surface area contributed by atoms with Crippen molar-refractivity contribution in [2.45, 2.75) is 0 Å². The summed E-state index contributed by atoms with van der Waals surface area (Å²) in [5.41, 5.74) is 0.825. The molecule has 0 radical (unpaired) electrons. The zero-order chi connectivity index (χ0) is 13.7. The minimum Gasteiger partial charge on any atom is -0.351 e. The zero-order valence-electron chi connectivity index (χ0n) is 10.3. The molecule has 1 heterocycles. The second-order valence-electron chi connectivity index (χ2n) is 3.84. The third-order valence-electron chi connectivity index (χ3n) is 2.24. The summed E-state index contributed by atoms with van der Waals surface area (Å²) in [5, 5.41) is 14.3. The number of benzene rings is 1. The first kappa shape index (κ1) is 13.4. The van der Waals surface area contributed by atoms with E-state index < -0.39 is 10.0 Å². The monoisotopic (exact) mass is 282 g/mol. The standard InChI is InChI=1S/C10H14N6O2S/c1-19(17,18)12-8-7-11-10-13-14-15-16(10)9-5-3-2-4-6-9/h2-6,12H,7-8H2,1H3,(H,11,13,15). The van der Waals surface area contributed by atoms with Crippen LogP contribution in [0, 0.1) is 0 Å². The van der Waals surface area contributed by atoms with Crippen molar-refractivity contribution in [1.29, 1.82) is 0 Å². The van der Waals surface area contributed by atoms with Crippen LogP contribution in [0.5, 0.6) is 0 Å². The molecule has 2 rings (SSSR count). The molecule has 0 fully saturated rings. The normalized spacial score (nSPS) is 11.4. The van der Waals surface area contributed by atoms with Gasteiger partial charge in [-0.15, -0.1) is 0 Å². The molecule has 0 bridgehead atoms. The van der Waals surface area contributed by atoms with Gasteiger partial charge < -0.3 is 5.32 Å². The summed E-state index contributed by atoms with van der Waals surface area (Å²) in [6.07, 6.45) is 1.11. The van der Waals surface area contributed by atoms with Crippen molar-refractivity contribution in [3.8, 4) is 5.69 Å². The summed E-state index contributed by atoms with van der Waals surface area (Å²) >= 11 is 0. The van der Waals surface area contributed by atoms with Gasteiger partial charge in [0.15, 0.2) is 0 Å². The van der Waals surface area contributed by atoms with Crippen molar-refractivity contribution < 1.29 is 8.42 Å². The molecule has 0 aliphatic heterocycles.